The highest BCUT2D eigenvalue weighted by Gasteiger charge is 2.35. The summed E-state index contributed by atoms with van der Waals surface area (Å²) in [6.45, 7) is 8.34. The summed E-state index contributed by atoms with van der Waals surface area (Å²) in [5, 5.41) is 8.72. The average Bonchev–Trinajstić information content (AvgIpc) is 2.44. The van der Waals surface area contributed by atoms with Gasteiger partial charge in [0.25, 0.3) is 0 Å². The first kappa shape index (κ1) is 12.8. The number of ether oxygens (including phenoxy) is 1. The summed E-state index contributed by atoms with van der Waals surface area (Å²) in [5.74, 6) is 0.450. The van der Waals surface area contributed by atoms with E-state index in [1.165, 1.54) is 0 Å². The maximum absolute atomic E-state index is 11.9. The minimum absolute atomic E-state index is 0.0230. The van der Waals surface area contributed by atoms with Crippen molar-refractivity contribution >= 4 is 6.09 Å². The first-order chi connectivity index (χ1) is 7.33. The largest absolute Gasteiger partial charge is 0.444 e. The van der Waals surface area contributed by atoms with Gasteiger partial charge in [-0.25, -0.2) is 4.79 Å². The van der Waals surface area contributed by atoms with Gasteiger partial charge in [0.05, 0.1) is 12.5 Å². The fourth-order valence-corrected chi connectivity index (χ4v) is 1.99. The fourth-order valence-electron chi connectivity index (χ4n) is 1.99. The first-order valence-electron chi connectivity index (χ1n) is 5.70. The summed E-state index contributed by atoms with van der Waals surface area (Å²) in [4.78, 5) is 13.6. The topological polar surface area (TPSA) is 53.3 Å². The molecule has 0 N–H and O–H groups in total. The Morgan fingerprint density at radius 2 is 2.19 bits per heavy atom. The molecule has 1 fully saturated rings. The molecule has 0 radical (unpaired) electrons. The van der Waals surface area contributed by atoms with Gasteiger partial charge in [0.2, 0.25) is 0 Å². The van der Waals surface area contributed by atoms with Crippen molar-refractivity contribution in [2.75, 3.05) is 6.54 Å². The van der Waals surface area contributed by atoms with E-state index in [2.05, 4.69) is 13.0 Å². The Morgan fingerprint density at radius 3 is 2.69 bits per heavy atom. The number of likely N-dealkylation sites (tertiary alicyclic amines) is 1. The lowest BCUT2D eigenvalue weighted by Crippen LogP contribution is -2.39. The van der Waals surface area contributed by atoms with E-state index in [1.54, 1.807) is 4.90 Å². The van der Waals surface area contributed by atoms with Crippen LogP contribution in [0, 0.1) is 17.2 Å². The predicted molar refractivity (Wildman–Crippen MR) is 60.7 cm³/mol. The fraction of sp³-hybridized carbons (Fsp3) is 0.833. The number of hydrogen-bond donors (Lipinski definition) is 0. The molecule has 1 amide bonds. The second-order valence-electron chi connectivity index (χ2n) is 5.49. The molecule has 0 aromatic rings. The van der Waals surface area contributed by atoms with Crippen LogP contribution in [-0.2, 0) is 4.74 Å². The van der Waals surface area contributed by atoms with Gasteiger partial charge in [-0.3, -0.25) is 0 Å². The summed E-state index contributed by atoms with van der Waals surface area (Å²) >= 11 is 0. The second kappa shape index (κ2) is 4.73. The average molecular weight is 224 g/mol. The zero-order chi connectivity index (χ0) is 12.3. The zero-order valence-electron chi connectivity index (χ0n) is 10.5. The third-order valence-electron chi connectivity index (χ3n) is 2.58. The maximum Gasteiger partial charge on any atom is 0.410 e. The van der Waals surface area contributed by atoms with Crippen LogP contribution in [0.1, 0.15) is 40.5 Å². The van der Waals surface area contributed by atoms with E-state index in [0.29, 0.717) is 18.9 Å². The van der Waals surface area contributed by atoms with Crippen LogP contribution in [0.15, 0.2) is 0 Å². The van der Waals surface area contributed by atoms with Gasteiger partial charge in [0.15, 0.2) is 0 Å². The van der Waals surface area contributed by atoms with Crippen LogP contribution in [0.3, 0.4) is 0 Å². The van der Waals surface area contributed by atoms with Crippen molar-refractivity contribution in [2.45, 2.75) is 52.2 Å². The Morgan fingerprint density at radius 1 is 1.56 bits per heavy atom. The summed E-state index contributed by atoms with van der Waals surface area (Å²) < 4.78 is 5.32. The number of nitrogens with zero attached hydrogens (tertiary/aromatic N) is 2. The van der Waals surface area contributed by atoms with Gasteiger partial charge in [-0.1, -0.05) is 6.92 Å². The van der Waals surface area contributed by atoms with Crippen molar-refractivity contribution < 1.29 is 9.53 Å². The molecule has 1 saturated heterocycles. The van der Waals surface area contributed by atoms with Crippen molar-refractivity contribution in [2.24, 2.45) is 5.92 Å². The summed E-state index contributed by atoms with van der Waals surface area (Å²) in [5.41, 5.74) is -0.472. The highest BCUT2D eigenvalue weighted by atomic mass is 16.6. The molecule has 0 aromatic heterocycles. The molecule has 1 rings (SSSR count). The van der Waals surface area contributed by atoms with Crippen LogP contribution in [0.2, 0.25) is 0 Å². The molecular weight excluding hydrogens is 204 g/mol. The Labute approximate surface area is 97.2 Å². The summed E-state index contributed by atoms with van der Waals surface area (Å²) in [7, 11) is 0. The standard InChI is InChI=1S/C12H20N2O2/c1-9-7-10(5-6-13)14(8-9)11(15)16-12(2,3)4/h9-10H,5,7-8H2,1-4H3/t9-,10+/m1/s1. The van der Waals surface area contributed by atoms with Gasteiger partial charge in [-0.2, -0.15) is 5.26 Å². The molecule has 1 aliphatic rings. The van der Waals surface area contributed by atoms with Crippen molar-refractivity contribution in [1.82, 2.24) is 4.90 Å². The number of rotatable bonds is 1. The molecule has 4 nitrogen and oxygen atoms in total. The van der Waals surface area contributed by atoms with Crippen LogP contribution < -0.4 is 0 Å². The molecule has 1 aliphatic heterocycles. The van der Waals surface area contributed by atoms with Crippen LogP contribution in [0.4, 0.5) is 4.79 Å². The van der Waals surface area contributed by atoms with Crippen LogP contribution in [-0.4, -0.2) is 29.2 Å². The molecule has 0 spiro atoms. The highest BCUT2D eigenvalue weighted by molar-refractivity contribution is 5.69. The molecule has 16 heavy (non-hydrogen) atoms. The monoisotopic (exact) mass is 224 g/mol. The SMILES string of the molecule is C[C@@H]1C[C@H](CC#N)N(C(=O)OC(C)(C)C)C1. The molecule has 0 bridgehead atoms. The van der Waals surface area contributed by atoms with Crippen LogP contribution >= 0.6 is 0 Å². The third kappa shape index (κ3) is 3.41. The van der Waals surface area contributed by atoms with E-state index in [0.717, 1.165) is 6.42 Å². The van der Waals surface area contributed by atoms with E-state index in [1.807, 2.05) is 20.8 Å². The van der Waals surface area contributed by atoms with Gasteiger partial charge >= 0.3 is 6.09 Å². The predicted octanol–water partition coefficient (Wildman–Crippen LogP) is 2.55. The second-order valence-corrected chi connectivity index (χ2v) is 5.49. The molecule has 0 unspecified atom stereocenters. The zero-order valence-corrected chi connectivity index (χ0v) is 10.5. The maximum atomic E-state index is 11.9. The van der Waals surface area contributed by atoms with E-state index in [-0.39, 0.29) is 12.1 Å². The Bertz CT molecular complexity index is 301. The lowest BCUT2D eigenvalue weighted by atomic mass is 10.1. The molecule has 1 heterocycles. The van der Waals surface area contributed by atoms with Crippen molar-refractivity contribution in [3.8, 4) is 6.07 Å². The Kier molecular flexibility index (Phi) is 3.79. The molecule has 0 saturated carbocycles. The molecule has 0 aromatic carbocycles. The van der Waals surface area contributed by atoms with Gasteiger partial charge in [0.1, 0.15) is 5.60 Å². The summed E-state index contributed by atoms with van der Waals surface area (Å²) in [6, 6.07) is 2.15. The lowest BCUT2D eigenvalue weighted by molar-refractivity contribution is 0.0225. The van der Waals surface area contributed by atoms with Crippen molar-refractivity contribution in [3.05, 3.63) is 0 Å². The molecular formula is C12H20N2O2. The normalized spacial score (nSPS) is 25.3. The number of hydrogen-bond acceptors (Lipinski definition) is 3. The first-order valence-corrected chi connectivity index (χ1v) is 5.70. The van der Waals surface area contributed by atoms with Crippen LogP contribution in [0.5, 0.6) is 0 Å². The number of carbonyl (C=O) groups excluding carboxylic acids is 1. The van der Waals surface area contributed by atoms with Crippen molar-refractivity contribution in [1.29, 1.82) is 5.26 Å². The Hall–Kier alpha value is -1.24. The molecule has 4 heteroatoms. The van der Waals surface area contributed by atoms with E-state index < -0.39 is 5.60 Å². The van der Waals surface area contributed by atoms with Gasteiger partial charge in [0, 0.05) is 12.6 Å². The number of carbonyl (C=O) groups is 1. The lowest BCUT2D eigenvalue weighted by Gasteiger charge is -2.27. The van der Waals surface area contributed by atoms with Gasteiger partial charge in [-0.15, -0.1) is 0 Å². The molecule has 2 atom stereocenters. The minimum atomic E-state index is -0.472. The molecule has 90 valence electrons. The highest BCUT2D eigenvalue weighted by Crippen LogP contribution is 2.26. The minimum Gasteiger partial charge on any atom is -0.444 e. The van der Waals surface area contributed by atoms with Gasteiger partial charge in [-0.05, 0) is 33.1 Å². The van der Waals surface area contributed by atoms with E-state index in [9.17, 15) is 4.79 Å². The molecule has 0 aliphatic carbocycles. The van der Waals surface area contributed by atoms with E-state index >= 15 is 0 Å². The van der Waals surface area contributed by atoms with Gasteiger partial charge < -0.3 is 9.64 Å². The summed E-state index contributed by atoms with van der Waals surface area (Å²) in [6.07, 6.45) is 0.994. The smallest absolute Gasteiger partial charge is 0.410 e. The van der Waals surface area contributed by atoms with Crippen molar-refractivity contribution in [3.63, 3.8) is 0 Å². The number of nitriles is 1. The quantitative estimate of drug-likeness (QED) is 0.687. The third-order valence-corrected chi connectivity index (χ3v) is 2.58. The van der Waals surface area contributed by atoms with Crippen LogP contribution in [0.25, 0.3) is 0 Å². The number of amides is 1. The Balaban J connectivity index is 2.64. The van der Waals surface area contributed by atoms with E-state index in [4.69, 9.17) is 10.00 Å².